The van der Waals surface area contributed by atoms with Crippen LogP contribution in [0, 0.1) is 0 Å². The van der Waals surface area contributed by atoms with Gasteiger partial charge in [-0.25, -0.2) is 9.78 Å². The highest BCUT2D eigenvalue weighted by atomic mass is 16.4. The molecule has 1 aromatic rings. The maximum Gasteiger partial charge on any atom is 0.335 e. The average molecular weight is 262 g/mol. The van der Waals surface area contributed by atoms with Crippen molar-refractivity contribution in [1.82, 2.24) is 4.98 Å². The second kappa shape index (κ2) is 5.87. The summed E-state index contributed by atoms with van der Waals surface area (Å²) in [6.07, 6.45) is 1.79. The third-order valence-corrected chi connectivity index (χ3v) is 2.88. The lowest BCUT2D eigenvalue weighted by molar-refractivity contribution is 0.0696. The topological polar surface area (TPSA) is 53.4 Å². The van der Waals surface area contributed by atoms with Crippen LogP contribution in [-0.2, 0) is 5.41 Å². The van der Waals surface area contributed by atoms with Crippen molar-refractivity contribution >= 4 is 11.8 Å². The minimum atomic E-state index is -0.927. The lowest BCUT2D eigenvalue weighted by Crippen LogP contribution is -2.26. The molecule has 0 fully saturated rings. The standard InChI is InChI=1S/C15H22N2O2/c1-6-8-17(7-2)13-10-11(14(18)19)9-12(16-13)15(3,4)5/h6,9-10H,1,7-8H2,2-5H3,(H,18,19). The summed E-state index contributed by atoms with van der Waals surface area (Å²) in [4.78, 5) is 17.8. The van der Waals surface area contributed by atoms with E-state index in [2.05, 4.69) is 11.6 Å². The molecule has 0 aliphatic rings. The molecule has 4 heteroatoms. The van der Waals surface area contributed by atoms with Crippen molar-refractivity contribution in [3.05, 3.63) is 36.0 Å². The second-order valence-electron chi connectivity index (χ2n) is 5.48. The lowest BCUT2D eigenvalue weighted by atomic mass is 9.90. The molecule has 0 aromatic carbocycles. The van der Waals surface area contributed by atoms with Gasteiger partial charge in [0.25, 0.3) is 0 Å². The Balaban J connectivity index is 3.34. The van der Waals surface area contributed by atoms with Crippen LogP contribution in [-0.4, -0.2) is 29.1 Å². The molecule has 1 rings (SSSR count). The first-order valence-corrected chi connectivity index (χ1v) is 6.41. The molecular weight excluding hydrogens is 240 g/mol. The van der Waals surface area contributed by atoms with E-state index in [1.807, 2.05) is 32.6 Å². The number of carboxylic acid groups (broad SMARTS) is 1. The van der Waals surface area contributed by atoms with E-state index in [-0.39, 0.29) is 11.0 Å². The summed E-state index contributed by atoms with van der Waals surface area (Å²) >= 11 is 0. The summed E-state index contributed by atoms with van der Waals surface area (Å²) < 4.78 is 0. The number of hydrogen-bond donors (Lipinski definition) is 1. The van der Waals surface area contributed by atoms with Gasteiger partial charge in [-0.1, -0.05) is 26.8 Å². The molecule has 104 valence electrons. The van der Waals surface area contributed by atoms with Crippen molar-refractivity contribution < 1.29 is 9.90 Å². The fraction of sp³-hybridized carbons (Fsp3) is 0.467. The molecule has 0 amide bonds. The minimum Gasteiger partial charge on any atom is -0.478 e. The predicted octanol–water partition coefficient (Wildman–Crippen LogP) is 3.09. The highest BCUT2D eigenvalue weighted by Gasteiger charge is 2.20. The molecule has 19 heavy (non-hydrogen) atoms. The summed E-state index contributed by atoms with van der Waals surface area (Å²) in [6.45, 7) is 13.2. The van der Waals surface area contributed by atoms with Gasteiger partial charge in [-0.2, -0.15) is 0 Å². The Bertz CT molecular complexity index is 476. The van der Waals surface area contributed by atoms with Gasteiger partial charge in [-0.3, -0.25) is 0 Å². The Kier molecular flexibility index (Phi) is 4.70. The van der Waals surface area contributed by atoms with Crippen molar-refractivity contribution in [3.8, 4) is 0 Å². The zero-order chi connectivity index (χ0) is 14.6. The van der Waals surface area contributed by atoms with Crippen LogP contribution in [0.15, 0.2) is 24.8 Å². The van der Waals surface area contributed by atoms with Crippen LogP contribution in [0.5, 0.6) is 0 Å². The van der Waals surface area contributed by atoms with Crippen molar-refractivity contribution in [2.75, 3.05) is 18.0 Å². The Morgan fingerprint density at radius 2 is 2.11 bits per heavy atom. The third-order valence-electron chi connectivity index (χ3n) is 2.88. The van der Waals surface area contributed by atoms with Crippen molar-refractivity contribution in [2.24, 2.45) is 0 Å². The molecule has 0 unspecified atom stereocenters. The number of hydrogen-bond acceptors (Lipinski definition) is 3. The van der Waals surface area contributed by atoms with E-state index in [1.165, 1.54) is 0 Å². The highest BCUT2D eigenvalue weighted by Crippen LogP contribution is 2.25. The van der Waals surface area contributed by atoms with Gasteiger partial charge >= 0.3 is 5.97 Å². The molecule has 0 bridgehead atoms. The number of carboxylic acids is 1. The van der Waals surface area contributed by atoms with E-state index in [4.69, 9.17) is 0 Å². The molecule has 0 aliphatic heterocycles. The molecule has 0 saturated carbocycles. The first-order valence-electron chi connectivity index (χ1n) is 6.41. The minimum absolute atomic E-state index is 0.187. The number of aromatic carboxylic acids is 1. The number of carbonyl (C=O) groups is 1. The molecule has 0 atom stereocenters. The maximum absolute atomic E-state index is 11.2. The van der Waals surface area contributed by atoms with Gasteiger partial charge in [0.05, 0.1) is 5.56 Å². The molecule has 0 radical (unpaired) electrons. The molecule has 0 spiro atoms. The van der Waals surface area contributed by atoms with Gasteiger partial charge in [0.2, 0.25) is 0 Å². The van der Waals surface area contributed by atoms with E-state index in [1.54, 1.807) is 18.2 Å². The first-order chi connectivity index (χ1) is 8.79. The molecule has 1 N–H and O–H groups in total. The highest BCUT2D eigenvalue weighted by molar-refractivity contribution is 5.88. The van der Waals surface area contributed by atoms with E-state index < -0.39 is 5.97 Å². The number of rotatable bonds is 5. The van der Waals surface area contributed by atoms with E-state index in [9.17, 15) is 9.90 Å². The Hall–Kier alpha value is -1.84. The van der Waals surface area contributed by atoms with Gasteiger partial charge < -0.3 is 10.0 Å². The van der Waals surface area contributed by atoms with Gasteiger partial charge in [0.15, 0.2) is 0 Å². The smallest absolute Gasteiger partial charge is 0.335 e. The Labute approximate surface area is 114 Å². The molecular formula is C15H22N2O2. The zero-order valence-electron chi connectivity index (χ0n) is 12.1. The SMILES string of the molecule is C=CCN(CC)c1cc(C(=O)O)cc(C(C)(C)C)n1. The van der Waals surface area contributed by atoms with Gasteiger partial charge in [0.1, 0.15) is 5.82 Å². The summed E-state index contributed by atoms with van der Waals surface area (Å²) in [7, 11) is 0. The molecule has 1 aromatic heterocycles. The van der Waals surface area contributed by atoms with Gasteiger partial charge in [-0.05, 0) is 19.1 Å². The summed E-state index contributed by atoms with van der Waals surface area (Å²) in [6, 6.07) is 3.26. The second-order valence-corrected chi connectivity index (χ2v) is 5.48. The maximum atomic E-state index is 11.2. The third kappa shape index (κ3) is 3.81. The van der Waals surface area contributed by atoms with E-state index in [0.29, 0.717) is 12.4 Å². The van der Waals surface area contributed by atoms with Crippen LogP contribution in [0.3, 0.4) is 0 Å². The number of pyridine rings is 1. The van der Waals surface area contributed by atoms with Crippen LogP contribution in [0.4, 0.5) is 5.82 Å². The van der Waals surface area contributed by atoms with Crippen LogP contribution in [0.1, 0.15) is 43.7 Å². The van der Waals surface area contributed by atoms with Crippen LogP contribution < -0.4 is 4.90 Å². The monoisotopic (exact) mass is 262 g/mol. The van der Waals surface area contributed by atoms with Crippen molar-refractivity contribution in [3.63, 3.8) is 0 Å². The van der Waals surface area contributed by atoms with Gasteiger partial charge in [0, 0.05) is 24.2 Å². The lowest BCUT2D eigenvalue weighted by Gasteiger charge is -2.24. The zero-order valence-corrected chi connectivity index (χ0v) is 12.1. The Morgan fingerprint density at radius 3 is 2.53 bits per heavy atom. The predicted molar refractivity (Wildman–Crippen MR) is 78.0 cm³/mol. The average Bonchev–Trinajstić information content (AvgIpc) is 2.34. The largest absolute Gasteiger partial charge is 0.478 e. The van der Waals surface area contributed by atoms with Crippen LogP contribution in [0.2, 0.25) is 0 Å². The van der Waals surface area contributed by atoms with Crippen LogP contribution in [0.25, 0.3) is 0 Å². The fourth-order valence-corrected chi connectivity index (χ4v) is 1.73. The van der Waals surface area contributed by atoms with Crippen molar-refractivity contribution in [2.45, 2.75) is 33.1 Å². The number of aromatic nitrogens is 1. The normalized spacial score (nSPS) is 11.2. The molecule has 1 heterocycles. The van der Waals surface area contributed by atoms with E-state index >= 15 is 0 Å². The number of anilines is 1. The summed E-state index contributed by atoms with van der Waals surface area (Å²) in [5.41, 5.74) is 0.871. The molecule has 4 nitrogen and oxygen atoms in total. The fourth-order valence-electron chi connectivity index (χ4n) is 1.73. The Morgan fingerprint density at radius 1 is 1.47 bits per heavy atom. The first kappa shape index (κ1) is 15.2. The quantitative estimate of drug-likeness (QED) is 0.828. The molecule has 0 aliphatic carbocycles. The summed E-state index contributed by atoms with van der Waals surface area (Å²) in [5.74, 6) is -0.240. The van der Waals surface area contributed by atoms with E-state index in [0.717, 1.165) is 12.2 Å². The molecule has 0 saturated heterocycles. The number of likely N-dealkylation sites (N-methyl/N-ethyl adjacent to an activating group) is 1. The number of nitrogens with zero attached hydrogens (tertiary/aromatic N) is 2. The van der Waals surface area contributed by atoms with Crippen LogP contribution >= 0.6 is 0 Å². The van der Waals surface area contributed by atoms with Crippen molar-refractivity contribution in [1.29, 1.82) is 0 Å². The van der Waals surface area contributed by atoms with Gasteiger partial charge in [-0.15, -0.1) is 6.58 Å². The summed E-state index contributed by atoms with van der Waals surface area (Å²) in [5, 5.41) is 9.22.